The monoisotopic (exact) mass is 316 g/mol. The van der Waals surface area contributed by atoms with Crippen LogP contribution in [0.15, 0.2) is 24.3 Å². The van der Waals surface area contributed by atoms with Crippen molar-refractivity contribution in [1.29, 1.82) is 0 Å². The van der Waals surface area contributed by atoms with E-state index in [1.54, 1.807) is 0 Å². The van der Waals surface area contributed by atoms with Crippen LogP contribution in [-0.4, -0.2) is 26.7 Å². The molecule has 122 valence electrons. The van der Waals surface area contributed by atoms with Crippen LogP contribution in [0.3, 0.4) is 0 Å². The summed E-state index contributed by atoms with van der Waals surface area (Å²) in [5, 5.41) is 0. The van der Waals surface area contributed by atoms with E-state index < -0.39 is 13.5 Å². The minimum Gasteiger partial charge on any atom is -0.407 e. The van der Waals surface area contributed by atoms with Crippen LogP contribution in [0.1, 0.15) is 32.6 Å². The van der Waals surface area contributed by atoms with Crippen molar-refractivity contribution in [3.05, 3.63) is 24.3 Å². The second kappa shape index (κ2) is 7.88. The van der Waals surface area contributed by atoms with Crippen LogP contribution < -0.4 is 10.2 Å². The molecule has 1 fully saturated rings. The van der Waals surface area contributed by atoms with E-state index in [9.17, 15) is 13.2 Å². The summed E-state index contributed by atoms with van der Waals surface area (Å²) in [6, 6.07) is 5.60. The molecular weight excluding hydrogens is 296 g/mol. The summed E-state index contributed by atoms with van der Waals surface area (Å²) in [7, 11) is -0.512. The Bertz CT molecular complexity index is 442. The van der Waals surface area contributed by atoms with Crippen molar-refractivity contribution in [3.8, 4) is 5.75 Å². The molecule has 0 N–H and O–H groups in total. The summed E-state index contributed by atoms with van der Waals surface area (Å²) in [5.74, 6) is 0.153. The second-order valence-electron chi connectivity index (χ2n) is 5.48. The van der Waals surface area contributed by atoms with E-state index >= 15 is 0 Å². The summed E-state index contributed by atoms with van der Waals surface area (Å²) in [6.07, 6.45) is -0.0317. The van der Waals surface area contributed by atoms with E-state index in [4.69, 9.17) is 9.31 Å². The molecule has 0 atom stereocenters. The van der Waals surface area contributed by atoms with Crippen molar-refractivity contribution < 1.29 is 27.2 Å². The molecule has 1 aliphatic heterocycles. The quantitative estimate of drug-likeness (QED) is 0.594. The number of hydrogen-bond acceptors (Lipinski definition) is 3. The average Bonchev–Trinajstić information content (AvgIpc) is 2.48. The highest BCUT2D eigenvalue weighted by atomic mass is 19.4. The predicted octanol–water partition coefficient (Wildman–Crippen LogP) is 3.52. The molecule has 1 aromatic carbocycles. The molecule has 0 aliphatic carbocycles. The predicted molar refractivity (Wildman–Crippen MR) is 78.0 cm³/mol. The smallest absolute Gasteiger partial charge is 0.407 e. The Morgan fingerprint density at radius 3 is 2.32 bits per heavy atom. The molecule has 0 radical (unpaired) electrons. The number of rotatable bonds is 6. The highest BCUT2D eigenvalue weighted by Crippen LogP contribution is 2.22. The third kappa shape index (κ3) is 5.53. The second-order valence-corrected chi connectivity index (χ2v) is 5.48. The molecule has 2 rings (SSSR count). The zero-order valence-electron chi connectivity index (χ0n) is 12.6. The Labute approximate surface area is 128 Å². The number of halogens is 3. The van der Waals surface area contributed by atoms with Crippen molar-refractivity contribution in [2.75, 3.05) is 13.2 Å². The summed E-state index contributed by atoms with van der Waals surface area (Å²) in [4.78, 5) is 0. The van der Waals surface area contributed by atoms with Gasteiger partial charge in [0.1, 0.15) is 5.75 Å². The summed E-state index contributed by atoms with van der Waals surface area (Å²) in [6.45, 7) is 3.40. The number of benzene rings is 1. The molecule has 0 amide bonds. The van der Waals surface area contributed by atoms with E-state index in [0.717, 1.165) is 6.42 Å². The Morgan fingerprint density at radius 1 is 1.14 bits per heavy atom. The molecule has 1 heterocycles. The van der Waals surface area contributed by atoms with Crippen molar-refractivity contribution >= 4 is 12.6 Å². The van der Waals surface area contributed by atoms with Crippen LogP contribution in [0, 0.1) is 5.92 Å². The minimum absolute atomic E-state index is 0.246. The van der Waals surface area contributed by atoms with Gasteiger partial charge >= 0.3 is 13.5 Å². The van der Waals surface area contributed by atoms with Crippen molar-refractivity contribution in [3.63, 3.8) is 0 Å². The largest absolute Gasteiger partial charge is 0.573 e. The first kappa shape index (κ1) is 17.2. The van der Waals surface area contributed by atoms with Gasteiger partial charge in [0.15, 0.2) is 0 Å². The third-order valence-corrected chi connectivity index (χ3v) is 3.57. The average molecular weight is 316 g/mol. The molecule has 1 saturated heterocycles. The van der Waals surface area contributed by atoms with E-state index in [-0.39, 0.29) is 5.75 Å². The molecule has 3 nitrogen and oxygen atoms in total. The lowest BCUT2D eigenvalue weighted by atomic mass is 9.77. The Morgan fingerprint density at radius 2 is 1.77 bits per heavy atom. The third-order valence-electron chi connectivity index (χ3n) is 3.57. The van der Waals surface area contributed by atoms with E-state index in [1.807, 2.05) is 0 Å². The van der Waals surface area contributed by atoms with Gasteiger partial charge in [-0.15, -0.1) is 13.2 Å². The van der Waals surface area contributed by atoms with Gasteiger partial charge in [-0.3, -0.25) is 0 Å². The lowest BCUT2D eigenvalue weighted by molar-refractivity contribution is -0.274. The normalized spacial score (nSPS) is 16.8. The van der Waals surface area contributed by atoms with E-state index in [0.29, 0.717) is 24.6 Å². The molecule has 0 bridgehead atoms. The Balaban J connectivity index is 1.81. The highest BCUT2D eigenvalue weighted by molar-refractivity contribution is 6.61. The minimum atomic E-state index is -4.68. The van der Waals surface area contributed by atoms with Crippen molar-refractivity contribution in [2.45, 2.75) is 39.0 Å². The Kier molecular flexibility index (Phi) is 6.14. The first-order valence-electron chi connectivity index (χ1n) is 7.57. The molecule has 0 unspecified atom stereocenters. The fourth-order valence-corrected chi connectivity index (χ4v) is 2.41. The van der Waals surface area contributed by atoms with Gasteiger partial charge in [0, 0.05) is 19.1 Å². The van der Waals surface area contributed by atoms with Gasteiger partial charge < -0.3 is 14.0 Å². The molecule has 22 heavy (non-hydrogen) atoms. The molecule has 0 saturated carbocycles. The first-order chi connectivity index (χ1) is 10.5. The van der Waals surface area contributed by atoms with Gasteiger partial charge in [0.2, 0.25) is 0 Å². The maximum atomic E-state index is 12.1. The molecule has 0 spiro atoms. The summed E-state index contributed by atoms with van der Waals surface area (Å²) >= 11 is 0. The number of ether oxygens (including phenoxy) is 1. The molecule has 0 aromatic heterocycles. The van der Waals surface area contributed by atoms with Gasteiger partial charge in [0.05, 0.1) is 0 Å². The lowest BCUT2D eigenvalue weighted by Gasteiger charge is -2.27. The van der Waals surface area contributed by atoms with E-state index in [2.05, 4.69) is 11.7 Å². The maximum absolute atomic E-state index is 12.1. The lowest BCUT2D eigenvalue weighted by Crippen LogP contribution is -2.44. The first-order valence-corrected chi connectivity index (χ1v) is 7.57. The molecule has 7 heteroatoms. The van der Waals surface area contributed by atoms with Crippen LogP contribution in [-0.2, 0) is 9.31 Å². The number of unbranched alkanes of at least 4 members (excludes halogenated alkanes) is 2. The molecular formula is C15H20BF3O3. The van der Waals surface area contributed by atoms with Gasteiger partial charge in [-0.1, -0.05) is 38.3 Å². The van der Waals surface area contributed by atoms with E-state index in [1.165, 1.54) is 43.5 Å². The zero-order valence-corrected chi connectivity index (χ0v) is 12.6. The van der Waals surface area contributed by atoms with Crippen LogP contribution in [0.4, 0.5) is 13.2 Å². The van der Waals surface area contributed by atoms with Gasteiger partial charge in [-0.25, -0.2) is 0 Å². The summed E-state index contributed by atoms with van der Waals surface area (Å²) in [5.41, 5.74) is 0.696. The fraction of sp³-hybridized carbons (Fsp3) is 0.600. The van der Waals surface area contributed by atoms with Crippen LogP contribution in [0.2, 0.25) is 0 Å². The standard InChI is InChI=1S/C15H20BF3O3/c1-2-3-4-5-12-10-20-16(21-11-12)13-6-8-14(9-7-13)22-15(17,18)19/h6-9,12H,2-5,10-11H2,1H3. The number of hydrogen-bond donors (Lipinski definition) is 0. The Hall–Kier alpha value is -1.21. The van der Waals surface area contributed by atoms with Crippen LogP contribution >= 0.6 is 0 Å². The van der Waals surface area contributed by atoms with Crippen LogP contribution in [0.5, 0.6) is 5.75 Å². The fourth-order valence-electron chi connectivity index (χ4n) is 2.41. The van der Waals surface area contributed by atoms with Gasteiger partial charge in [-0.2, -0.15) is 0 Å². The zero-order chi connectivity index (χ0) is 16.0. The SMILES string of the molecule is CCCCCC1COB(c2ccc(OC(F)(F)F)cc2)OC1. The van der Waals surface area contributed by atoms with Crippen molar-refractivity contribution in [1.82, 2.24) is 0 Å². The van der Waals surface area contributed by atoms with Crippen LogP contribution in [0.25, 0.3) is 0 Å². The van der Waals surface area contributed by atoms with Gasteiger partial charge in [-0.05, 0) is 24.0 Å². The molecule has 1 aliphatic rings. The van der Waals surface area contributed by atoms with Crippen molar-refractivity contribution in [2.24, 2.45) is 5.92 Å². The van der Waals surface area contributed by atoms with Gasteiger partial charge in [0.25, 0.3) is 0 Å². The highest BCUT2D eigenvalue weighted by Gasteiger charge is 2.32. The summed E-state index contributed by atoms with van der Waals surface area (Å²) < 4.78 is 51.4. The molecule has 1 aromatic rings. The topological polar surface area (TPSA) is 27.7 Å². The number of alkyl halides is 3. The maximum Gasteiger partial charge on any atom is 0.573 e.